The summed E-state index contributed by atoms with van der Waals surface area (Å²) in [5.41, 5.74) is 4.19. The Morgan fingerprint density at radius 1 is 0.896 bits per heavy atom. The van der Waals surface area contributed by atoms with Crippen LogP contribution in [-0.2, 0) is 16.9 Å². The molecule has 0 unspecified atom stereocenters. The maximum atomic E-state index is 13.7. The second-order valence-corrected chi connectivity index (χ2v) is 19.8. The normalized spacial score (nSPS) is 22.1. The van der Waals surface area contributed by atoms with Crippen LogP contribution in [-0.4, -0.2) is 109 Å². The van der Waals surface area contributed by atoms with Crippen molar-refractivity contribution in [2.45, 2.75) is 83.8 Å². The third-order valence-corrected chi connectivity index (χ3v) is 15.2. The first kappa shape index (κ1) is 44.7. The van der Waals surface area contributed by atoms with Crippen LogP contribution < -0.4 is 26.0 Å². The number of halogens is 1. The number of amides is 4. The average molecular weight is 929 g/mol. The van der Waals surface area contributed by atoms with Crippen LogP contribution in [0.1, 0.15) is 86.3 Å². The highest BCUT2D eigenvalue weighted by molar-refractivity contribution is 6.34. The molecular formula is C50H58ClN11O5. The molecule has 0 radical (unpaired) electrons. The predicted octanol–water partition coefficient (Wildman–Crippen LogP) is 6.92. The van der Waals surface area contributed by atoms with Gasteiger partial charge in [-0.1, -0.05) is 35.9 Å². The van der Waals surface area contributed by atoms with Crippen molar-refractivity contribution in [2.24, 2.45) is 11.3 Å². The Hall–Kier alpha value is -6.10. The summed E-state index contributed by atoms with van der Waals surface area (Å²) in [5.74, 6) is 1.03. The van der Waals surface area contributed by atoms with Crippen molar-refractivity contribution < 1.29 is 19.5 Å². The second kappa shape index (κ2) is 18.2. The number of imide groups is 1. The lowest BCUT2D eigenvalue weighted by molar-refractivity contribution is -0.120. The first-order chi connectivity index (χ1) is 32.3. The van der Waals surface area contributed by atoms with Crippen molar-refractivity contribution in [3.63, 3.8) is 0 Å². The summed E-state index contributed by atoms with van der Waals surface area (Å²) < 4.78 is 3.35. The number of aromatic nitrogens is 5. The standard InChI is InChI=1S/C50H58ClN11O5/c1-33-9-11-36(53-47-52-31-37-44(56-47)62-42-8-6-7-41(54-42)49(2,67)16-4-3-5-21-61(62)46(37)65)30-39(33)58-27-19-50(20-28-58)17-25-57(26-18-50)32-34-13-22-59(23-14-34)45(64)35-10-12-38(51)40(29-35)60-24-15-43(63)55-48(60)66/h3,5-12,29-31,34,67H,4,13-28,32H2,1-2H3,(H,52,53,56)(H,55,63,66)/b5-3-/t49-/m1/s1. The van der Waals surface area contributed by atoms with Gasteiger partial charge in [-0.15, -0.1) is 0 Å². The van der Waals surface area contributed by atoms with E-state index in [0.717, 1.165) is 64.1 Å². The zero-order valence-electron chi connectivity index (χ0n) is 38.2. The minimum absolute atomic E-state index is 0.0629. The maximum absolute atomic E-state index is 13.7. The number of aryl methyl sites for hydroxylation is 1. The Morgan fingerprint density at radius 2 is 1.67 bits per heavy atom. The van der Waals surface area contributed by atoms with Gasteiger partial charge in [0.1, 0.15) is 11.0 Å². The molecule has 4 fully saturated rings. The molecule has 350 valence electrons. The molecule has 67 heavy (non-hydrogen) atoms. The molecule has 2 aromatic carbocycles. The zero-order valence-corrected chi connectivity index (χ0v) is 39.0. The van der Waals surface area contributed by atoms with E-state index in [0.29, 0.717) is 88.6 Å². The van der Waals surface area contributed by atoms with Crippen LogP contribution in [0.3, 0.4) is 0 Å². The van der Waals surface area contributed by atoms with E-state index >= 15 is 0 Å². The van der Waals surface area contributed by atoms with Crippen LogP contribution in [0.25, 0.3) is 16.9 Å². The number of rotatable bonds is 7. The van der Waals surface area contributed by atoms with Crippen LogP contribution in [0.4, 0.5) is 27.8 Å². The summed E-state index contributed by atoms with van der Waals surface area (Å²) in [5, 5.41) is 17.7. The molecule has 5 aliphatic heterocycles. The molecule has 5 aliphatic rings. The Labute approximate surface area is 394 Å². The monoisotopic (exact) mass is 927 g/mol. The topological polar surface area (TPSA) is 174 Å². The largest absolute Gasteiger partial charge is 0.384 e. The molecule has 3 N–H and O–H groups in total. The SMILES string of the molecule is Cc1ccc(Nc2ncc3c(=O)n4n(c3n2)-c2cccc(n2)[C@](C)(O)CC/C=C\C4)cc1N1CCC2(CCN(CC3CCN(C(=O)c4ccc(Cl)c(N5CCC(=O)NC5=O)c4)CC3)CC2)CC1. The molecule has 0 aliphatic carbocycles. The minimum Gasteiger partial charge on any atom is -0.384 e. The third kappa shape index (κ3) is 9.06. The van der Waals surface area contributed by atoms with Crippen LogP contribution in [0, 0.1) is 18.3 Å². The Bertz CT molecular complexity index is 2810. The van der Waals surface area contributed by atoms with E-state index in [1.807, 2.05) is 41.3 Å². The number of hydrogen-bond acceptors (Lipinski definition) is 11. The summed E-state index contributed by atoms with van der Waals surface area (Å²) >= 11 is 6.44. The number of pyridine rings is 1. The summed E-state index contributed by atoms with van der Waals surface area (Å²) in [4.78, 5) is 74.2. The van der Waals surface area contributed by atoms with Gasteiger partial charge >= 0.3 is 6.03 Å². The van der Waals surface area contributed by atoms with E-state index in [2.05, 4.69) is 44.5 Å². The fourth-order valence-corrected chi connectivity index (χ4v) is 10.9. The molecule has 1 spiro atoms. The van der Waals surface area contributed by atoms with E-state index in [-0.39, 0.29) is 30.3 Å². The lowest BCUT2D eigenvalue weighted by Gasteiger charge is -2.48. The molecule has 0 saturated carbocycles. The van der Waals surface area contributed by atoms with Gasteiger partial charge in [0.15, 0.2) is 11.5 Å². The van der Waals surface area contributed by atoms with Gasteiger partial charge in [0.2, 0.25) is 11.9 Å². The van der Waals surface area contributed by atoms with Gasteiger partial charge < -0.3 is 25.1 Å². The fourth-order valence-electron chi connectivity index (χ4n) is 10.7. The number of aliphatic hydroxyl groups is 1. The molecule has 4 saturated heterocycles. The number of urea groups is 1. The number of nitrogens with zero attached hydrogens (tertiary/aromatic N) is 9. The molecular weight excluding hydrogens is 870 g/mol. The molecule has 4 amide bonds. The van der Waals surface area contributed by atoms with Crippen molar-refractivity contribution in [3.05, 3.63) is 105 Å². The van der Waals surface area contributed by atoms with Crippen LogP contribution in [0.2, 0.25) is 5.02 Å². The first-order valence-corrected chi connectivity index (χ1v) is 24.1. The van der Waals surface area contributed by atoms with Crippen LogP contribution >= 0.6 is 11.6 Å². The summed E-state index contributed by atoms with van der Waals surface area (Å²) in [6.07, 6.45) is 13.5. The lowest BCUT2D eigenvalue weighted by atomic mass is 9.71. The molecule has 5 aromatic rings. The van der Waals surface area contributed by atoms with Gasteiger partial charge in [0, 0.05) is 68.8 Å². The van der Waals surface area contributed by atoms with Gasteiger partial charge in [-0.2, -0.15) is 4.98 Å². The number of nitrogens with one attached hydrogen (secondary N) is 2. The molecule has 3 aromatic heterocycles. The molecule has 1 atom stereocenters. The highest BCUT2D eigenvalue weighted by atomic mass is 35.5. The Balaban J connectivity index is 0.737. The van der Waals surface area contributed by atoms with Crippen molar-refractivity contribution >= 4 is 63.5 Å². The van der Waals surface area contributed by atoms with Gasteiger partial charge in [0.05, 0.1) is 22.9 Å². The minimum atomic E-state index is -1.13. The Morgan fingerprint density at radius 3 is 2.45 bits per heavy atom. The zero-order chi connectivity index (χ0) is 46.5. The maximum Gasteiger partial charge on any atom is 0.328 e. The number of anilines is 4. The highest BCUT2D eigenvalue weighted by Crippen LogP contribution is 2.43. The number of carbonyl (C=O) groups is 3. The molecule has 16 nitrogen and oxygen atoms in total. The van der Waals surface area contributed by atoms with E-state index in [4.69, 9.17) is 21.6 Å². The number of carbonyl (C=O) groups excluding carboxylic acids is 3. The fraction of sp³-hybridized carbons (Fsp3) is 0.460. The van der Waals surface area contributed by atoms with Gasteiger partial charge in [-0.3, -0.25) is 24.6 Å². The number of hydrogen-bond donors (Lipinski definition) is 3. The molecule has 8 heterocycles. The summed E-state index contributed by atoms with van der Waals surface area (Å²) in [6.45, 7) is 11.1. The van der Waals surface area contributed by atoms with Crippen molar-refractivity contribution in [2.75, 3.05) is 67.5 Å². The molecule has 17 heteroatoms. The van der Waals surface area contributed by atoms with Crippen LogP contribution in [0.5, 0.6) is 0 Å². The second-order valence-electron chi connectivity index (χ2n) is 19.4. The highest BCUT2D eigenvalue weighted by Gasteiger charge is 2.39. The van der Waals surface area contributed by atoms with E-state index in [1.54, 1.807) is 40.7 Å². The van der Waals surface area contributed by atoms with Crippen molar-refractivity contribution in [1.82, 2.24) is 39.4 Å². The van der Waals surface area contributed by atoms with Crippen molar-refractivity contribution in [1.29, 1.82) is 0 Å². The van der Waals surface area contributed by atoms with Gasteiger partial charge in [0.25, 0.3) is 11.5 Å². The number of likely N-dealkylation sites (tertiary alicyclic amines) is 2. The number of benzene rings is 2. The van der Waals surface area contributed by atoms with Gasteiger partial charge in [-0.05, 0) is 138 Å². The number of fused-ring (bicyclic) bond motifs is 6. The first-order valence-electron chi connectivity index (χ1n) is 23.7. The summed E-state index contributed by atoms with van der Waals surface area (Å²) in [6, 6.07) is 16.4. The van der Waals surface area contributed by atoms with Gasteiger partial charge in [-0.25, -0.2) is 24.1 Å². The van der Waals surface area contributed by atoms with Crippen molar-refractivity contribution in [3.8, 4) is 5.82 Å². The van der Waals surface area contributed by atoms with Crippen LogP contribution in [0.15, 0.2) is 77.7 Å². The summed E-state index contributed by atoms with van der Waals surface area (Å²) in [7, 11) is 0. The molecule has 10 rings (SSSR count). The molecule has 2 bridgehead atoms. The predicted molar refractivity (Wildman–Crippen MR) is 258 cm³/mol. The third-order valence-electron chi connectivity index (χ3n) is 14.9. The number of allylic oxidation sites excluding steroid dienone is 2. The smallest absolute Gasteiger partial charge is 0.328 e. The Kier molecular flexibility index (Phi) is 12.1. The van der Waals surface area contributed by atoms with E-state index in [9.17, 15) is 24.3 Å². The number of piperidine rings is 3. The van der Waals surface area contributed by atoms with E-state index < -0.39 is 11.6 Å². The average Bonchev–Trinajstić information content (AvgIpc) is 3.60. The quantitative estimate of drug-likeness (QED) is 0.145. The lowest BCUT2D eigenvalue weighted by Crippen LogP contribution is -2.49. The van der Waals surface area contributed by atoms with E-state index in [1.165, 1.54) is 29.0 Å².